The van der Waals surface area contributed by atoms with Crippen molar-refractivity contribution < 1.29 is 14.4 Å². The van der Waals surface area contributed by atoms with E-state index in [1.807, 2.05) is 18.2 Å². The average Bonchev–Trinajstić information content (AvgIpc) is 3.14. The molecule has 1 aromatic heterocycles. The molecule has 3 rings (SSSR count). The van der Waals surface area contributed by atoms with Crippen molar-refractivity contribution in [2.75, 3.05) is 6.54 Å². The summed E-state index contributed by atoms with van der Waals surface area (Å²) < 4.78 is 4.78. The second-order valence-electron chi connectivity index (χ2n) is 5.11. The molecule has 6 nitrogen and oxygen atoms in total. The number of nitrogens with one attached hydrogen (secondary N) is 1. The molecule has 0 spiro atoms. The summed E-state index contributed by atoms with van der Waals surface area (Å²) in [7, 11) is 0. The summed E-state index contributed by atoms with van der Waals surface area (Å²) in [5.74, 6) is 0.582. The minimum Gasteiger partial charge on any atom is -0.387 e. The summed E-state index contributed by atoms with van der Waals surface area (Å²) in [5, 5.41) is 15.4. The summed E-state index contributed by atoms with van der Waals surface area (Å²) in [6.07, 6.45) is 3.82. The minimum absolute atomic E-state index is 0.0874. The highest BCUT2D eigenvalue weighted by Crippen LogP contribution is 2.22. The first-order chi connectivity index (χ1) is 10.3. The summed E-state index contributed by atoms with van der Waals surface area (Å²) in [6.45, 7) is 0.162. The maximum Gasteiger partial charge on any atom is 0.252 e. The van der Waals surface area contributed by atoms with Crippen molar-refractivity contribution in [3.05, 3.63) is 46.6 Å². The molecule has 6 heteroatoms. The van der Waals surface area contributed by atoms with Gasteiger partial charge in [0.25, 0.3) is 11.8 Å². The van der Waals surface area contributed by atoms with Gasteiger partial charge in [-0.05, 0) is 42.5 Å². The van der Waals surface area contributed by atoms with Crippen LogP contribution in [0.3, 0.4) is 0 Å². The molecule has 0 fully saturated rings. The number of aliphatic hydroxyl groups is 1. The lowest BCUT2D eigenvalue weighted by atomic mass is 10.1. The molecule has 110 valence electrons. The van der Waals surface area contributed by atoms with Crippen molar-refractivity contribution in [1.82, 2.24) is 15.5 Å². The van der Waals surface area contributed by atoms with Crippen molar-refractivity contribution in [2.24, 2.45) is 0 Å². The monoisotopic (exact) mass is 287 g/mol. The number of amides is 1. The van der Waals surface area contributed by atoms with Crippen LogP contribution in [0, 0.1) is 0 Å². The molecule has 1 heterocycles. The van der Waals surface area contributed by atoms with Crippen molar-refractivity contribution in [2.45, 2.75) is 32.3 Å². The molecule has 0 saturated carbocycles. The van der Waals surface area contributed by atoms with Gasteiger partial charge in [0.2, 0.25) is 0 Å². The lowest BCUT2D eigenvalue weighted by Crippen LogP contribution is -2.26. The zero-order valence-corrected chi connectivity index (χ0v) is 11.6. The van der Waals surface area contributed by atoms with Crippen LogP contribution in [0.5, 0.6) is 0 Å². The van der Waals surface area contributed by atoms with Crippen LogP contribution in [0.1, 0.15) is 39.6 Å². The van der Waals surface area contributed by atoms with Crippen LogP contribution in [-0.4, -0.2) is 27.7 Å². The van der Waals surface area contributed by atoms with E-state index in [2.05, 4.69) is 15.5 Å². The number of carbonyl (C=O) groups is 1. The molecule has 2 aromatic rings. The summed E-state index contributed by atoms with van der Waals surface area (Å²) >= 11 is 0. The van der Waals surface area contributed by atoms with Crippen molar-refractivity contribution >= 4 is 5.91 Å². The number of aliphatic hydroxyl groups excluding tert-OH is 1. The van der Waals surface area contributed by atoms with Crippen molar-refractivity contribution in [3.63, 3.8) is 0 Å². The van der Waals surface area contributed by atoms with Crippen LogP contribution < -0.4 is 5.32 Å². The lowest BCUT2D eigenvalue weighted by molar-refractivity contribution is 0.0954. The average molecular weight is 287 g/mol. The quantitative estimate of drug-likeness (QED) is 0.857. The van der Waals surface area contributed by atoms with E-state index >= 15 is 0 Å². The molecule has 0 radical (unpaired) electrons. The van der Waals surface area contributed by atoms with Gasteiger partial charge in [0.05, 0.1) is 0 Å². The molecule has 1 aliphatic rings. The fourth-order valence-corrected chi connectivity index (χ4v) is 2.56. The number of aryl methyl sites for hydroxylation is 2. The second kappa shape index (κ2) is 6.05. The number of aromatic nitrogens is 2. The predicted molar refractivity (Wildman–Crippen MR) is 74.7 cm³/mol. The second-order valence-corrected chi connectivity index (χ2v) is 5.11. The largest absolute Gasteiger partial charge is 0.387 e. The number of nitrogens with zero attached hydrogens (tertiary/aromatic N) is 2. The molecule has 2 N–H and O–H groups in total. The molecular formula is C15H17N3O3. The molecule has 0 saturated heterocycles. The number of benzene rings is 1. The SMILES string of the molecule is O=C(NCCc1noc(CO)n1)c1ccc2c(c1)CCC2. The van der Waals surface area contributed by atoms with E-state index in [1.165, 1.54) is 17.5 Å². The van der Waals surface area contributed by atoms with E-state index < -0.39 is 0 Å². The Kier molecular flexibility index (Phi) is 3.96. The highest BCUT2D eigenvalue weighted by molar-refractivity contribution is 5.94. The van der Waals surface area contributed by atoms with Crippen molar-refractivity contribution in [1.29, 1.82) is 0 Å². The van der Waals surface area contributed by atoms with Crippen LogP contribution in [0.15, 0.2) is 22.7 Å². The molecule has 1 aromatic carbocycles. The molecule has 0 unspecified atom stereocenters. The van der Waals surface area contributed by atoms with Gasteiger partial charge in [0.1, 0.15) is 6.61 Å². The molecule has 0 aliphatic heterocycles. The molecular weight excluding hydrogens is 270 g/mol. The van der Waals surface area contributed by atoms with E-state index in [9.17, 15) is 4.79 Å². The maximum absolute atomic E-state index is 12.1. The smallest absolute Gasteiger partial charge is 0.252 e. The van der Waals surface area contributed by atoms with E-state index in [0.29, 0.717) is 24.4 Å². The Morgan fingerprint density at radius 3 is 3.00 bits per heavy atom. The highest BCUT2D eigenvalue weighted by atomic mass is 16.5. The summed E-state index contributed by atoms with van der Waals surface area (Å²) in [6, 6.07) is 5.90. The lowest BCUT2D eigenvalue weighted by Gasteiger charge is -2.06. The van der Waals surface area contributed by atoms with Crippen LogP contribution in [-0.2, 0) is 25.9 Å². The number of hydrogen-bond acceptors (Lipinski definition) is 5. The fourth-order valence-electron chi connectivity index (χ4n) is 2.56. The van der Waals surface area contributed by atoms with Gasteiger partial charge in [0, 0.05) is 18.5 Å². The first kappa shape index (κ1) is 13.8. The Morgan fingerprint density at radius 1 is 1.33 bits per heavy atom. The van der Waals surface area contributed by atoms with Gasteiger partial charge >= 0.3 is 0 Å². The zero-order valence-electron chi connectivity index (χ0n) is 11.6. The Balaban J connectivity index is 1.54. The molecule has 0 atom stereocenters. The van der Waals surface area contributed by atoms with Crippen molar-refractivity contribution in [3.8, 4) is 0 Å². The van der Waals surface area contributed by atoms with E-state index in [1.54, 1.807) is 0 Å². The Labute approximate surface area is 122 Å². The van der Waals surface area contributed by atoms with Crippen LogP contribution in [0.25, 0.3) is 0 Å². The molecule has 0 bridgehead atoms. The molecule has 21 heavy (non-hydrogen) atoms. The van der Waals surface area contributed by atoms with Crippen LogP contribution >= 0.6 is 0 Å². The summed E-state index contributed by atoms with van der Waals surface area (Å²) in [4.78, 5) is 16.0. The van der Waals surface area contributed by atoms with E-state index in [-0.39, 0.29) is 18.4 Å². The van der Waals surface area contributed by atoms with Gasteiger partial charge in [-0.15, -0.1) is 0 Å². The van der Waals surface area contributed by atoms with Gasteiger partial charge < -0.3 is 14.9 Å². The number of carbonyl (C=O) groups excluding carboxylic acids is 1. The Hall–Kier alpha value is -2.21. The predicted octanol–water partition coefficient (Wildman–Crippen LogP) is 1.02. The molecule has 1 aliphatic carbocycles. The highest BCUT2D eigenvalue weighted by Gasteiger charge is 2.14. The number of rotatable bonds is 5. The van der Waals surface area contributed by atoms with Gasteiger partial charge in [-0.2, -0.15) is 4.98 Å². The van der Waals surface area contributed by atoms with E-state index in [0.717, 1.165) is 12.8 Å². The first-order valence-electron chi connectivity index (χ1n) is 7.08. The van der Waals surface area contributed by atoms with Gasteiger partial charge in [0.15, 0.2) is 5.82 Å². The van der Waals surface area contributed by atoms with Crippen LogP contribution in [0.4, 0.5) is 0 Å². The first-order valence-corrected chi connectivity index (χ1v) is 7.08. The van der Waals surface area contributed by atoms with Gasteiger partial charge in [-0.25, -0.2) is 0 Å². The maximum atomic E-state index is 12.1. The van der Waals surface area contributed by atoms with Crippen LogP contribution in [0.2, 0.25) is 0 Å². The topological polar surface area (TPSA) is 88.2 Å². The third kappa shape index (κ3) is 3.11. The third-order valence-electron chi connectivity index (χ3n) is 3.64. The van der Waals surface area contributed by atoms with E-state index in [4.69, 9.17) is 9.63 Å². The van der Waals surface area contributed by atoms with Gasteiger partial charge in [-0.3, -0.25) is 4.79 Å². The third-order valence-corrected chi connectivity index (χ3v) is 3.64. The normalized spacial score (nSPS) is 13.2. The Morgan fingerprint density at radius 2 is 2.19 bits per heavy atom. The molecule has 1 amide bonds. The summed E-state index contributed by atoms with van der Waals surface area (Å²) in [5.41, 5.74) is 3.34. The number of hydrogen-bond donors (Lipinski definition) is 2. The zero-order chi connectivity index (χ0) is 14.7. The minimum atomic E-state index is -0.269. The number of fused-ring (bicyclic) bond motifs is 1. The fraction of sp³-hybridized carbons (Fsp3) is 0.400. The van der Waals surface area contributed by atoms with Gasteiger partial charge in [-0.1, -0.05) is 11.2 Å². The Bertz CT molecular complexity index is 651. The standard InChI is InChI=1S/C15H17N3O3/c19-9-14-17-13(18-21-14)6-7-16-15(20)12-5-4-10-2-1-3-11(10)8-12/h4-5,8,19H,1-3,6-7,9H2,(H,16,20).